The molecule has 1 heterocycles. The van der Waals surface area contributed by atoms with Gasteiger partial charge >= 0.3 is 0 Å². The highest BCUT2D eigenvalue weighted by molar-refractivity contribution is 6.33. The van der Waals surface area contributed by atoms with Gasteiger partial charge in [-0.3, -0.25) is 4.90 Å². The fourth-order valence-corrected chi connectivity index (χ4v) is 2.73. The Morgan fingerprint density at radius 3 is 2.88 bits per heavy atom. The molecule has 0 unspecified atom stereocenters. The van der Waals surface area contributed by atoms with Crippen molar-refractivity contribution in [3.8, 4) is 0 Å². The van der Waals surface area contributed by atoms with E-state index in [0.29, 0.717) is 5.02 Å². The van der Waals surface area contributed by atoms with Gasteiger partial charge in [0.15, 0.2) is 0 Å². The van der Waals surface area contributed by atoms with E-state index in [1.165, 1.54) is 12.8 Å². The van der Waals surface area contributed by atoms with Gasteiger partial charge in [0.1, 0.15) is 0 Å². The molecule has 0 radical (unpaired) electrons. The molecule has 1 fully saturated rings. The van der Waals surface area contributed by atoms with Gasteiger partial charge in [0, 0.05) is 22.6 Å². The smallest absolute Gasteiger partial charge is 0.0586 e. The quantitative estimate of drug-likeness (QED) is 0.913. The van der Waals surface area contributed by atoms with E-state index >= 15 is 0 Å². The number of aliphatic hydroxyl groups is 1. The van der Waals surface area contributed by atoms with E-state index in [4.69, 9.17) is 23.2 Å². The Balaban J connectivity index is 2.10. The van der Waals surface area contributed by atoms with Crippen LogP contribution in [0.4, 0.5) is 0 Å². The monoisotopic (exact) mass is 273 g/mol. The van der Waals surface area contributed by atoms with Gasteiger partial charge in [0.05, 0.1) is 6.61 Å². The first-order valence-electron chi connectivity index (χ1n) is 5.99. The van der Waals surface area contributed by atoms with Crippen LogP contribution in [0.15, 0.2) is 18.2 Å². The molecule has 0 aromatic heterocycles. The zero-order valence-corrected chi connectivity index (χ0v) is 11.2. The molecule has 0 spiro atoms. The molecular weight excluding hydrogens is 257 g/mol. The van der Waals surface area contributed by atoms with Crippen LogP contribution in [0.1, 0.15) is 24.8 Å². The number of hydrogen-bond donors (Lipinski definition) is 1. The van der Waals surface area contributed by atoms with Crippen molar-refractivity contribution in [2.24, 2.45) is 0 Å². The third-order valence-electron chi connectivity index (χ3n) is 3.34. The largest absolute Gasteiger partial charge is 0.395 e. The number of nitrogens with zero attached hydrogens (tertiary/aromatic N) is 1. The third-order valence-corrected chi connectivity index (χ3v) is 3.94. The normalized spacial score (nSPS) is 21.7. The van der Waals surface area contributed by atoms with Crippen LogP contribution in [0, 0.1) is 0 Å². The minimum atomic E-state index is 0.220. The van der Waals surface area contributed by atoms with Gasteiger partial charge in [-0.25, -0.2) is 0 Å². The molecule has 1 atom stereocenters. The number of benzene rings is 1. The zero-order valence-electron chi connectivity index (χ0n) is 9.70. The topological polar surface area (TPSA) is 23.5 Å². The van der Waals surface area contributed by atoms with E-state index in [-0.39, 0.29) is 12.6 Å². The maximum Gasteiger partial charge on any atom is 0.0586 e. The maximum atomic E-state index is 9.36. The Bertz CT molecular complexity index is 384. The van der Waals surface area contributed by atoms with Gasteiger partial charge in [0.2, 0.25) is 0 Å². The lowest BCUT2D eigenvalue weighted by Gasteiger charge is -2.34. The van der Waals surface area contributed by atoms with E-state index in [1.807, 2.05) is 12.1 Å². The summed E-state index contributed by atoms with van der Waals surface area (Å²) in [6.45, 7) is 2.01. The maximum absolute atomic E-state index is 9.36. The van der Waals surface area contributed by atoms with Gasteiger partial charge in [-0.15, -0.1) is 0 Å². The number of aliphatic hydroxyl groups excluding tert-OH is 1. The Kier molecular flexibility index (Phi) is 4.69. The predicted octanol–water partition coefficient (Wildman–Crippen LogP) is 3.34. The van der Waals surface area contributed by atoms with E-state index in [9.17, 15) is 5.11 Å². The molecule has 2 nitrogen and oxygen atoms in total. The average Bonchev–Trinajstić information content (AvgIpc) is 2.34. The van der Waals surface area contributed by atoms with Gasteiger partial charge in [-0.05, 0) is 43.1 Å². The van der Waals surface area contributed by atoms with Crippen LogP contribution < -0.4 is 0 Å². The standard InChI is InChI=1S/C13H17Cl2NO/c14-11-4-5-13(15)10(7-11)8-16-6-2-1-3-12(16)9-17/h4-5,7,12,17H,1-3,6,8-9H2/t12-/m1/s1. The van der Waals surface area contributed by atoms with Gasteiger partial charge < -0.3 is 5.11 Å². The average molecular weight is 274 g/mol. The van der Waals surface area contributed by atoms with Gasteiger partial charge in [-0.1, -0.05) is 29.6 Å². The summed E-state index contributed by atoms with van der Waals surface area (Å²) in [6, 6.07) is 5.80. The molecule has 0 bridgehead atoms. The molecule has 2 rings (SSSR count). The van der Waals surface area contributed by atoms with E-state index in [0.717, 1.165) is 30.1 Å². The van der Waals surface area contributed by atoms with Crippen LogP contribution in [0.3, 0.4) is 0 Å². The van der Waals surface area contributed by atoms with Crippen molar-refractivity contribution in [1.82, 2.24) is 4.90 Å². The highest BCUT2D eigenvalue weighted by Crippen LogP contribution is 2.25. The number of rotatable bonds is 3. The molecule has 1 saturated heterocycles. The molecule has 94 valence electrons. The van der Waals surface area contributed by atoms with Gasteiger partial charge in [-0.2, -0.15) is 0 Å². The molecule has 1 aromatic carbocycles. The van der Waals surface area contributed by atoms with Crippen molar-refractivity contribution in [3.63, 3.8) is 0 Å². The first-order chi connectivity index (χ1) is 8.20. The van der Waals surface area contributed by atoms with Crippen molar-refractivity contribution < 1.29 is 5.11 Å². The lowest BCUT2D eigenvalue weighted by Crippen LogP contribution is -2.41. The second-order valence-corrected chi connectivity index (χ2v) is 5.38. The lowest BCUT2D eigenvalue weighted by molar-refractivity contribution is 0.0841. The first kappa shape index (κ1) is 13.2. The SMILES string of the molecule is OC[C@H]1CCCCN1Cc1cc(Cl)ccc1Cl. The highest BCUT2D eigenvalue weighted by atomic mass is 35.5. The van der Waals surface area contributed by atoms with Crippen LogP contribution in [-0.2, 0) is 6.54 Å². The zero-order chi connectivity index (χ0) is 12.3. The first-order valence-corrected chi connectivity index (χ1v) is 6.75. The molecule has 0 amide bonds. The van der Waals surface area contributed by atoms with Crippen molar-refractivity contribution in [3.05, 3.63) is 33.8 Å². The van der Waals surface area contributed by atoms with Crippen molar-refractivity contribution >= 4 is 23.2 Å². The molecule has 1 aromatic rings. The summed E-state index contributed by atoms with van der Waals surface area (Å²) < 4.78 is 0. The summed E-state index contributed by atoms with van der Waals surface area (Å²) in [5.41, 5.74) is 1.04. The summed E-state index contributed by atoms with van der Waals surface area (Å²) in [6.07, 6.45) is 3.45. The molecule has 1 aliphatic heterocycles. The summed E-state index contributed by atoms with van der Waals surface area (Å²) in [5.74, 6) is 0. The molecular formula is C13H17Cl2NO. The van der Waals surface area contributed by atoms with E-state index in [1.54, 1.807) is 6.07 Å². The minimum absolute atomic E-state index is 0.220. The summed E-state index contributed by atoms with van der Waals surface area (Å²) in [7, 11) is 0. The lowest BCUT2D eigenvalue weighted by atomic mass is 10.0. The summed E-state index contributed by atoms with van der Waals surface area (Å²) in [5, 5.41) is 10.8. The number of likely N-dealkylation sites (tertiary alicyclic amines) is 1. The van der Waals surface area contributed by atoms with Gasteiger partial charge in [0.25, 0.3) is 0 Å². The molecule has 0 aliphatic carbocycles. The number of piperidine rings is 1. The second-order valence-electron chi connectivity index (χ2n) is 4.54. The third kappa shape index (κ3) is 3.35. The minimum Gasteiger partial charge on any atom is -0.395 e. The number of hydrogen-bond acceptors (Lipinski definition) is 2. The molecule has 1 N–H and O–H groups in total. The van der Waals surface area contributed by atoms with Crippen LogP contribution in [-0.4, -0.2) is 29.2 Å². The van der Waals surface area contributed by atoms with Crippen LogP contribution in [0.5, 0.6) is 0 Å². The van der Waals surface area contributed by atoms with Crippen molar-refractivity contribution in [2.75, 3.05) is 13.2 Å². The Hall–Kier alpha value is -0.280. The summed E-state index contributed by atoms with van der Waals surface area (Å²) in [4.78, 5) is 2.29. The Labute approximate surface area is 112 Å². The fourth-order valence-electron chi connectivity index (χ4n) is 2.36. The fraction of sp³-hybridized carbons (Fsp3) is 0.538. The second kappa shape index (κ2) is 6.05. The molecule has 1 aliphatic rings. The molecule has 17 heavy (non-hydrogen) atoms. The van der Waals surface area contributed by atoms with Crippen LogP contribution in [0.25, 0.3) is 0 Å². The Morgan fingerprint density at radius 1 is 1.29 bits per heavy atom. The van der Waals surface area contributed by atoms with Crippen LogP contribution in [0.2, 0.25) is 10.0 Å². The molecule has 0 saturated carbocycles. The van der Waals surface area contributed by atoms with Crippen LogP contribution >= 0.6 is 23.2 Å². The van der Waals surface area contributed by atoms with E-state index < -0.39 is 0 Å². The highest BCUT2D eigenvalue weighted by Gasteiger charge is 2.22. The predicted molar refractivity (Wildman–Crippen MR) is 71.6 cm³/mol. The molecule has 4 heteroatoms. The Morgan fingerprint density at radius 2 is 2.12 bits per heavy atom. The van der Waals surface area contributed by atoms with E-state index in [2.05, 4.69) is 4.90 Å². The van der Waals surface area contributed by atoms with Crippen molar-refractivity contribution in [2.45, 2.75) is 31.8 Å². The number of halogens is 2. The van der Waals surface area contributed by atoms with Crippen molar-refractivity contribution in [1.29, 1.82) is 0 Å². The summed E-state index contributed by atoms with van der Waals surface area (Å²) >= 11 is 12.1.